The van der Waals surface area contributed by atoms with Gasteiger partial charge in [0, 0.05) is 44.1 Å². The van der Waals surface area contributed by atoms with E-state index < -0.39 is 0 Å². The van der Waals surface area contributed by atoms with Crippen LogP contribution in [0.5, 0.6) is 0 Å². The van der Waals surface area contributed by atoms with Crippen LogP contribution in [0.3, 0.4) is 0 Å². The monoisotopic (exact) mass is 446 g/mol. The van der Waals surface area contributed by atoms with Crippen molar-refractivity contribution in [1.29, 1.82) is 5.41 Å². The first-order valence-electron chi connectivity index (χ1n) is 10.9. The largest absolute Gasteiger partial charge is 0.398 e. The molecule has 0 aliphatic carbocycles. The Balaban J connectivity index is 0.00000149. The lowest BCUT2D eigenvalue weighted by atomic mass is 9.87. The number of aryl methyl sites for hydroxylation is 1. The molecule has 5 nitrogen and oxygen atoms in total. The van der Waals surface area contributed by atoms with Gasteiger partial charge in [-0.15, -0.1) is 12.8 Å². The summed E-state index contributed by atoms with van der Waals surface area (Å²) in [7, 11) is 2.02. The lowest BCUT2D eigenvalue weighted by Crippen LogP contribution is -2.36. The van der Waals surface area contributed by atoms with E-state index in [1.165, 1.54) is 12.3 Å². The highest BCUT2D eigenvalue weighted by atomic mass is 19.1. The average molecular weight is 447 g/mol. The molecule has 172 valence electrons. The topological polar surface area (TPSA) is 65.6 Å². The molecule has 3 N–H and O–H groups in total. The average Bonchev–Trinajstić information content (AvgIpc) is 2.84. The summed E-state index contributed by atoms with van der Waals surface area (Å²) in [4.78, 5) is 4.46. The van der Waals surface area contributed by atoms with E-state index in [0.717, 1.165) is 55.1 Å². The Bertz CT molecular complexity index is 1080. The van der Waals surface area contributed by atoms with Gasteiger partial charge in [0.05, 0.1) is 19.3 Å². The molecule has 33 heavy (non-hydrogen) atoms. The van der Waals surface area contributed by atoms with E-state index in [0.29, 0.717) is 16.8 Å². The zero-order valence-corrected chi connectivity index (χ0v) is 19.2. The number of halogens is 1. The second-order valence-electron chi connectivity index (χ2n) is 8.21. The molecule has 0 spiro atoms. The van der Waals surface area contributed by atoms with E-state index in [9.17, 15) is 4.39 Å². The van der Waals surface area contributed by atoms with Gasteiger partial charge in [-0.1, -0.05) is 18.2 Å². The molecule has 1 unspecified atom stereocenters. The van der Waals surface area contributed by atoms with Gasteiger partial charge >= 0.3 is 0 Å². The molecule has 2 aliphatic rings. The zero-order valence-electron chi connectivity index (χ0n) is 19.2. The number of anilines is 1. The first-order chi connectivity index (χ1) is 16.0. The molecule has 1 saturated heterocycles. The number of terminal acetylenes is 1. The number of hydrogen-bond donors (Lipinski definition) is 2. The van der Waals surface area contributed by atoms with E-state index in [2.05, 4.69) is 34.8 Å². The molecule has 1 fully saturated rings. The first kappa shape index (κ1) is 24.2. The van der Waals surface area contributed by atoms with Crippen molar-refractivity contribution in [2.45, 2.75) is 19.5 Å². The number of allylic oxidation sites excluding steroid dienone is 2. The molecule has 0 amide bonds. The molecule has 0 bridgehead atoms. The van der Waals surface area contributed by atoms with Gasteiger partial charge in [0.25, 0.3) is 0 Å². The maximum Gasteiger partial charge on any atom is 0.126 e. The van der Waals surface area contributed by atoms with Crippen molar-refractivity contribution in [1.82, 2.24) is 9.80 Å². The Morgan fingerprint density at radius 2 is 1.94 bits per heavy atom. The lowest BCUT2D eigenvalue weighted by molar-refractivity contribution is 0.0343. The van der Waals surface area contributed by atoms with Crippen LogP contribution in [0.4, 0.5) is 10.1 Å². The number of nitrogens with zero attached hydrogens (tertiary/aromatic N) is 2. The van der Waals surface area contributed by atoms with Crippen LogP contribution in [0.2, 0.25) is 0 Å². The SMILES string of the molecule is C#C.Cc1cc(C2C(c3cc(C=N)c(N)c(CN4CCOCC4)c3)=CC=CN2C)ccc1F. The maximum atomic E-state index is 13.9. The summed E-state index contributed by atoms with van der Waals surface area (Å²) in [6, 6.07) is 9.35. The fourth-order valence-corrected chi connectivity index (χ4v) is 4.34. The minimum absolute atomic E-state index is 0.0530. The summed E-state index contributed by atoms with van der Waals surface area (Å²) in [6.45, 7) is 5.71. The standard InChI is InChI=1S/C25H29FN4O.C2H2/c1-17-12-18(5-6-23(17)26)25-22(4-3-7-29(25)2)19-13-20(15-27)24(28)21(14-19)16-30-8-10-31-11-9-30;1-2/h3-7,12-15,25,27H,8-11,16,28H2,1-2H3;1-2H. The van der Waals surface area contributed by atoms with Gasteiger partial charge in [-0.2, -0.15) is 0 Å². The second kappa shape index (κ2) is 11.0. The Morgan fingerprint density at radius 1 is 1.21 bits per heavy atom. The molecule has 0 aromatic heterocycles. The molecular weight excluding hydrogens is 415 g/mol. The van der Waals surface area contributed by atoms with E-state index in [4.69, 9.17) is 15.9 Å². The fraction of sp³-hybridized carbons (Fsp3) is 0.296. The van der Waals surface area contributed by atoms with Crippen LogP contribution in [-0.2, 0) is 11.3 Å². The quantitative estimate of drug-likeness (QED) is 0.406. The number of nitrogens with two attached hydrogens (primary N) is 1. The van der Waals surface area contributed by atoms with Crippen LogP contribution >= 0.6 is 0 Å². The summed E-state index contributed by atoms with van der Waals surface area (Å²) in [5.41, 5.74) is 12.6. The van der Waals surface area contributed by atoms with E-state index in [1.807, 2.05) is 37.5 Å². The summed E-state index contributed by atoms with van der Waals surface area (Å²) in [6.07, 6.45) is 15.5. The predicted octanol–water partition coefficient (Wildman–Crippen LogP) is 4.38. The number of ether oxygens (including phenoxy) is 1. The third-order valence-electron chi connectivity index (χ3n) is 6.08. The third-order valence-corrected chi connectivity index (χ3v) is 6.08. The summed E-state index contributed by atoms with van der Waals surface area (Å²) >= 11 is 0. The summed E-state index contributed by atoms with van der Waals surface area (Å²) < 4.78 is 19.4. The molecule has 6 heteroatoms. The van der Waals surface area contributed by atoms with Crippen LogP contribution in [0, 0.1) is 31.0 Å². The Labute approximate surface area is 195 Å². The van der Waals surface area contributed by atoms with Crippen molar-refractivity contribution in [3.63, 3.8) is 0 Å². The second-order valence-corrected chi connectivity index (χ2v) is 8.21. The number of nitrogen functional groups attached to an aromatic ring is 1. The van der Waals surface area contributed by atoms with Crippen molar-refractivity contribution in [2.75, 3.05) is 39.1 Å². The highest BCUT2D eigenvalue weighted by Gasteiger charge is 2.25. The number of likely N-dealkylation sites (N-methyl/N-ethyl adjacent to an activating group) is 1. The molecule has 2 heterocycles. The fourth-order valence-electron chi connectivity index (χ4n) is 4.34. The third kappa shape index (κ3) is 5.33. The van der Waals surface area contributed by atoms with Crippen LogP contribution in [0.25, 0.3) is 5.57 Å². The van der Waals surface area contributed by atoms with Crippen LogP contribution in [0.1, 0.15) is 33.9 Å². The van der Waals surface area contributed by atoms with E-state index >= 15 is 0 Å². The number of benzene rings is 2. The molecule has 2 aromatic rings. The number of nitrogens with one attached hydrogen (secondary N) is 1. The smallest absolute Gasteiger partial charge is 0.126 e. The van der Waals surface area contributed by atoms with Gasteiger partial charge in [0.15, 0.2) is 0 Å². The van der Waals surface area contributed by atoms with Gasteiger partial charge in [-0.25, -0.2) is 4.39 Å². The highest BCUT2D eigenvalue weighted by Crippen LogP contribution is 2.39. The van der Waals surface area contributed by atoms with Crippen molar-refractivity contribution in [3.05, 3.63) is 82.3 Å². The molecule has 0 radical (unpaired) electrons. The van der Waals surface area contributed by atoms with Gasteiger partial charge in [0.2, 0.25) is 0 Å². The van der Waals surface area contributed by atoms with Gasteiger partial charge in [-0.05, 0) is 65.2 Å². The van der Waals surface area contributed by atoms with Crippen LogP contribution in [-0.4, -0.2) is 49.4 Å². The van der Waals surface area contributed by atoms with Crippen molar-refractivity contribution < 1.29 is 9.13 Å². The Morgan fingerprint density at radius 3 is 2.61 bits per heavy atom. The maximum absolute atomic E-state index is 13.9. The number of hydrogen-bond acceptors (Lipinski definition) is 5. The normalized spacial score (nSPS) is 18.3. The molecule has 1 atom stereocenters. The minimum Gasteiger partial charge on any atom is -0.398 e. The summed E-state index contributed by atoms with van der Waals surface area (Å²) in [5.74, 6) is -0.199. The molecule has 2 aromatic carbocycles. The number of morpholine rings is 1. The van der Waals surface area contributed by atoms with E-state index in [-0.39, 0.29) is 11.9 Å². The van der Waals surface area contributed by atoms with Crippen molar-refractivity contribution in [3.8, 4) is 12.8 Å². The van der Waals surface area contributed by atoms with Gasteiger partial charge in [-0.3, -0.25) is 4.90 Å². The van der Waals surface area contributed by atoms with Crippen LogP contribution in [0.15, 0.2) is 48.7 Å². The van der Waals surface area contributed by atoms with Gasteiger partial charge < -0.3 is 20.8 Å². The number of rotatable bonds is 5. The minimum atomic E-state index is -0.199. The highest BCUT2D eigenvalue weighted by molar-refractivity contribution is 5.89. The molecule has 0 saturated carbocycles. The zero-order chi connectivity index (χ0) is 24.0. The van der Waals surface area contributed by atoms with Gasteiger partial charge in [0.1, 0.15) is 5.82 Å². The first-order valence-corrected chi connectivity index (χ1v) is 10.9. The lowest BCUT2D eigenvalue weighted by Gasteiger charge is -2.33. The van der Waals surface area contributed by atoms with Crippen molar-refractivity contribution >= 4 is 17.5 Å². The predicted molar refractivity (Wildman–Crippen MR) is 133 cm³/mol. The Kier molecular flexibility index (Phi) is 8.05. The van der Waals surface area contributed by atoms with Crippen LogP contribution < -0.4 is 5.73 Å². The Hall–Kier alpha value is -3.40. The molecular formula is C27H31FN4O. The summed E-state index contributed by atoms with van der Waals surface area (Å²) in [5, 5.41) is 7.89. The van der Waals surface area contributed by atoms with E-state index in [1.54, 1.807) is 6.92 Å². The molecule has 2 aliphatic heterocycles. The van der Waals surface area contributed by atoms with Crippen molar-refractivity contribution in [2.24, 2.45) is 0 Å². The molecule has 4 rings (SSSR count).